The van der Waals surface area contributed by atoms with Gasteiger partial charge in [-0.25, -0.2) is 13.8 Å². The average Bonchev–Trinajstić information content (AvgIpc) is 3.17. The number of aliphatic hydroxyl groups is 1. The second-order valence-corrected chi connectivity index (χ2v) is 10.1. The Hall–Kier alpha value is -2.64. The molecule has 1 N–H and O–H groups in total. The molecule has 0 unspecified atom stereocenters. The van der Waals surface area contributed by atoms with Gasteiger partial charge in [0.2, 0.25) is 0 Å². The molecule has 0 saturated carbocycles. The number of Topliss-reactive ketones (excluding diaryl/α,β-unsaturated/α-hetero) is 1. The molecule has 0 aliphatic rings. The fraction of sp³-hybridized carbons (Fsp3) is 0.385. The zero-order valence-electron chi connectivity index (χ0n) is 19.5. The Labute approximate surface area is 197 Å². The van der Waals surface area contributed by atoms with Crippen molar-refractivity contribution in [3.05, 3.63) is 69.7 Å². The minimum absolute atomic E-state index is 0.00692. The van der Waals surface area contributed by atoms with Gasteiger partial charge < -0.3 is 9.84 Å². The molecule has 0 fully saturated rings. The number of nitrogens with zero attached hydrogens (tertiary/aromatic N) is 1. The van der Waals surface area contributed by atoms with Crippen LogP contribution < -0.4 is 4.74 Å². The number of aromatic nitrogens is 1. The van der Waals surface area contributed by atoms with Crippen molar-refractivity contribution in [2.45, 2.75) is 59.0 Å². The van der Waals surface area contributed by atoms with Gasteiger partial charge in [0.15, 0.2) is 5.78 Å². The maximum atomic E-state index is 13.7. The lowest BCUT2D eigenvalue weighted by Crippen LogP contribution is -2.32. The first kappa shape index (κ1) is 25.0. The van der Waals surface area contributed by atoms with E-state index in [0.717, 1.165) is 22.2 Å². The van der Waals surface area contributed by atoms with E-state index in [0.29, 0.717) is 34.7 Å². The summed E-state index contributed by atoms with van der Waals surface area (Å²) in [6.07, 6.45) is 0.789. The molecule has 176 valence electrons. The third-order valence-electron chi connectivity index (χ3n) is 5.23. The third kappa shape index (κ3) is 6.24. The van der Waals surface area contributed by atoms with Gasteiger partial charge in [0, 0.05) is 28.5 Å². The molecule has 0 spiro atoms. The summed E-state index contributed by atoms with van der Waals surface area (Å²) in [7, 11) is 0. The molecular formula is C26H29F2NO3S. The molecular weight excluding hydrogens is 444 g/mol. The monoisotopic (exact) mass is 473 g/mol. The third-order valence-corrected chi connectivity index (χ3v) is 6.41. The summed E-state index contributed by atoms with van der Waals surface area (Å²) in [4.78, 5) is 18.4. The molecule has 7 heteroatoms. The molecule has 0 aliphatic heterocycles. The summed E-state index contributed by atoms with van der Waals surface area (Å²) in [6.45, 7) is 9.34. The minimum Gasteiger partial charge on any atom is -0.485 e. The van der Waals surface area contributed by atoms with Gasteiger partial charge in [-0.2, -0.15) is 0 Å². The predicted octanol–water partition coefficient (Wildman–Crippen LogP) is 6.49. The first-order valence-corrected chi connectivity index (χ1v) is 11.7. The molecule has 4 nitrogen and oxygen atoms in total. The van der Waals surface area contributed by atoms with Gasteiger partial charge in [0.05, 0.1) is 12.3 Å². The summed E-state index contributed by atoms with van der Waals surface area (Å²) < 4.78 is 33.2. The van der Waals surface area contributed by atoms with E-state index in [-0.39, 0.29) is 18.3 Å². The van der Waals surface area contributed by atoms with Crippen LogP contribution in [0.5, 0.6) is 5.75 Å². The van der Waals surface area contributed by atoms with E-state index in [1.807, 2.05) is 20.8 Å². The van der Waals surface area contributed by atoms with Gasteiger partial charge in [-0.05, 0) is 69.0 Å². The number of ketones is 1. The molecule has 0 atom stereocenters. The molecule has 3 aromatic rings. The number of hydrogen-bond acceptors (Lipinski definition) is 5. The second-order valence-electron chi connectivity index (χ2n) is 9.06. The van der Waals surface area contributed by atoms with Crippen molar-refractivity contribution < 1.29 is 23.4 Å². The predicted molar refractivity (Wildman–Crippen MR) is 127 cm³/mol. The van der Waals surface area contributed by atoms with Crippen LogP contribution >= 0.6 is 11.3 Å². The number of carbonyl (C=O) groups excluding carboxylic acids is 1. The fourth-order valence-corrected chi connectivity index (χ4v) is 4.64. The lowest BCUT2D eigenvalue weighted by atomic mass is 10.0. The summed E-state index contributed by atoms with van der Waals surface area (Å²) in [5.74, 6) is -0.553. The zero-order valence-corrected chi connectivity index (χ0v) is 20.4. The molecule has 0 amide bonds. The van der Waals surface area contributed by atoms with Crippen LogP contribution in [0, 0.1) is 18.6 Å². The van der Waals surface area contributed by atoms with E-state index >= 15 is 0 Å². The van der Waals surface area contributed by atoms with E-state index in [4.69, 9.17) is 4.74 Å². The number of ether oxygens (including phenoxy) is 1. The van der Waals surface area contributed by atoms with Crippen LogP contribution in [0.1, 0.15) is 66.5 Å². The number of aryl methyl sites for hydroxylation is 2. The Bertz CT molecular complexity index is 1130. The Morgan fingerprint density at radius 3 is 2.39 bits per heavy atom. The van der Waals surface area contributed by atoms with E-state index in [2.05, 4.69) is 4.98 Å². The van der Waals surface area contributed by atoms with Crippen molar-refractivity contribution in [2.24, 2.45) is 0 Å². The van der Waals surface area contributed by atoms with Gasteiger partial charge in [-0.15, -0.1) is 11.3 Å². The zero-order chi connectivity index (χ0) is 24.3. The van der Waals surface area contributed by atoms with Crippen molar-refractivity contribution in [3.8, 4) is 16.3 Å². The van der Waals surface area contributed by atoms with Crippen molar-refractivity contribution in [2.75, 3.05) is 6.61 Å². The molecule has 0 aliphatic carbocycles. The largest absolute Gasteiger partial charge is 0.485 e. The smallest absolute Gasteiger partial charge is 0.163 e. The van der Waals surface area contributed by atoms with Crippen LogP contribution in [0.4, 0.5) is 8.78 Å². The number of hydrogen-bond donors (Lipinski definition) is 1. The van der Waals surface area contributed by atoms with Gasteiger partial charge >= 0.3 is 0 Å². The number of aliphatic hydroxyl groups excluding tert-OH is 1. The van der Waals surface area contributed by atoms with Gasteiger partial charge in [-0.3, -0.25) is 4.79 Å². The van der Waals surface area contributed by atoms with Crippen molar-refractivity contribution in [1.29, 1.82) is 0 Å². The van der Waals surface area contributed by atoms with Crippen molar-refractivity contribution in [1.82, 2.24) is 4.98 Å². The molecule has 0 radical (unpaired) electrons. The molecule has 1 aromatic heterocycles. The first-order chi connectivity index (χ1) is 15.5. The average molecular weight is 474 g/mol. The summed E-state index contributed by atoms with van der Waals surface area (Å²) >= 11 is 1.37. The van der Waals surface area contributed by atoms with Crippen LogP contribution in [0.25, 0.3) is 10.6 Å². The highest BCUT2D eigenvalue weighted by atomic mass is 32.1. The molecule has 33 heavy (non-hydrogen) atoms. The molecule has 1 heterocycles. The van der Waals surface area contributed by atoms with Gasteiger partial charge in [0.25, 0.3) is 0 Å². The van der Waals surface area contributed by atoms with Crippen molar-refractivity contribution >= 4 is 17.1 Å². The minimum atomic E-state index is -0.710. The van der Waals surface area contributed by atoms with Crippen molar-refractivity contribution in [3.63, 3.8) is 0 Å². The van der Waals surface area contributed by atoms with Gasteiger partial charge in [-0.1, -0.05) is 13.8 Å². The van der Waals surface area contributed by atoms with E-state index in [1.54, 1.807) is 32.0 Å². The van der Waals surface area contributed by atoms with E-state index < -0.39 is 17.2 Å². The van der Waals surface area contributed by atoms with Crippen LogP contribution in [-0.4, -0.2) is 28.1 Å². The second kappa shape index (κ2) is 10.1. The standard InChI is InChI=1S/C26H29F2NO3S/c1-15(2)24-23(33-25(29-24)18-11-19(27)13-20(28)12-18)9-7-21(31)17-6-8-22(16(3)10-17)32-26(4,5)14-30/h6,8,10-13,15,30H,7,9,14H2,1-5H3. The van der Waals surface area contributed by atoms with Gasteiger partial charge in [0.1, 0.15) is 28.0 Å². The summed E-state index contributed by atoms with van der Waals surface area (Å²) in [5.41, 5.74) is 1.94. The fourth-order valence-electron chi connectivity index (χ4n) is 3.43. The first-order valence-electron chi connectivity index (χ1n) is 10.9. The SMILES string of the molecule is Cc1cc(C(=O)CCc2sc(-c3cc(F)cc(F)c3)nc2C(C)C)ccc1OC(C)(C)CO. The Kier molecular flexibility index (Phi) is 7.65. The Morgan fingerprint density at radius 1 is 1.15 bits per heavy atom. The Balaban J connectivity index is 1.77. The number of rotatable bonds is 9. The topological polar surface area (TPSA) is 59.4 Å². The molecule has 3 rings (SSSR count). The summed E-state index contributed by atoms with van der Waals surface area (Å²) in [5, 5.41) is 9.95. The maximum absolute atomic E-state index is 13.7. The maximum Gasteiger partial charge on any atom is 0.163 e. The molecule has 0 saturated heterocycles. The highest BCUT2D eigenvalue weighted by Crippen LogP contribution is 2.34. The molecule has 2 aromatic carbocycles. The number of thiazole rings is 1. The van der Waals surface area contributed by atoms with E-state index in [9.17, 15) is 18.7 Å². The van der Waals surface area contributed by atoms with Crippen LogP contribution in [0.3, 0.4) is 0 Å². The highest BCUT2D eigenvalue weighted by molar-refractivity contribution is 7.15. The van der Waals surface area contributed by atoms with E-state index in [1.165, 1.54) is 23.5 Å². The number of carbonyl (C=O) groups is 1. The Morgan fingerprint density at radius 2 is 1.82 bits per heavy atom. The highest BCUT2D eigenvalue weighted by Gasteiger charge is 2.21. The number of halogens is 2. The number of benzene rings is 2. The lowest BCUT2D eigenvalue weighted by Gasteiger charge is -2.25. The quantitative estimate of drug-likeness (QED) is 0.361. The lowest BCUT2D eigenvalue weighted by molar-refractivity contribution is 0.0406. The van der Waals surface area contributed by atoms with Crippen LogP contribution in [0.2, 0.25) is 0 Å². The van der Waals surface area contributed by atoms with Crippen LogP contribution in [-0.2, 0) is 6.42 Å². The molecule has 0 bridgehead atoms. The van der Waals surface area contributed by atoms with Crippen LogP contribution in [0.15, 0.2) is 36.4 Å². The summed E-state index contributed by atoms with van der Waals surface area (Å²) in [6, 6.07) is 8.65. The normalized spacial score (nSPS) is 11.8.